The van der Waals surface area contributed by atoms with Gasteiger partial charge in [-0.3, -0.25) is 14.5 Å². The van der Waals surface area contributed by atoms with Crippen molar-refractivity contribution in [1.29, 1.82) is 0 Å². The average Bonchev–Trinajstić information content (AvgIpc) is 2.40. The van der Waals surface area contributed by atoms with Crippen molar-refractivity contribution in [3.63, 3.8) is 0 Å². The molecule has 1 rings (SSSR count). The standard InChI is InChI=1S/C14H19ClFN3O2/c1-3-6-17-13(20)8-19(2)9-14(21)18-12-7-10(15)4-5-11(12)16/h4-5,7H,3,6,8-9H2,1-2H3,(H,17,20)(H,18,21). The van der Waals surface area contributed by atoms with E-state index in [1.807, 2.05) is 6.92 Å². The van der Waals surface area contributed by atoms with Crippen molar-refractivity contribution in [3.05, 3.63) is 29.0 Å². The lowest BCUT2D eigenvalue weighted by Gasteiger charge is -2.16. The molecule has 2 N–H and O–H groups in total. The van der Waals surface area contributed by atoms with Crippen molar-refractivity contribution in [2.24, 2.45) is 0 Å². The van der Waals surface area contributed by atoms with Gasteiger partial charge in [-0.2, -0.15) is 0 Å². The highest BCUT2D eigenvalue weighted by Gasteiger charge is 2.12. The second kappa shape index (κ2) is 8.59. The van der Waals surface area contributed by atoms with Crippen LogP contribution < -0.4 is 10.6 Å². The van der Waals surface area contributed by atoms with E-state index < -0.39 is 11.7 Å². The third-order valence-electron chi connectivity index (χ3n) is 2.60. The third-order valence-corrected chi connectivity index (χ3v) is 2.84. The first-order chi connectivity index (χ1) is 9.92. The van der Waals surface area contributed by atoms with Gasteiger partial charge < -0.3 is 10.6 Å². The van der Waals surface area contributed by atoms with Gasteiger partial charge in [0.1, 0.15) is 5.82 Å². The second-order valence-corrected chi connectivity index (χ2v) is 5.13. The van der Waals surface area contributed by atoms with Crippen LogP contribution in [0.15, 0.2) is 18.2 Å². The van der Waals surface area contributed by atoms with Crippen LogP contribution in [0.25, 0.3) is 0 Å². The number of benzene rings is 1. The first-order valence-corrected chi connectivity index (χ1v) is 7.00. The topological polar surface area (TPSA) is 61.4 Å². The Morgan fingerprint density at radius 3 is 2.62 bits per heavy atom. The number of carbonyl (C=O) groups is 2. The van der Waals surface area contributed by atoms with Gasteiger partial charge in [0, 0.05) is 11.6 Å². The molecular weight excluding hydrogens is 297 g/mol. The highest BCUT2D eigenvalue weighted by atomic mass is 35.5. The zero-order valence-electron chi connectivity index (χ0n) is 12.1. The Bertz CT molecular complexity index is 511. The lowest BCUT2D eigenvalue weighted by molar-refractivity contribution is -0.122. The zero-order chi connectivity index (χ0) is 15.8. The molecule has 0 heterocycles. The van der Waals surface area contributed by atoms with Gasteiger partial charge in [-0.25, -0.2) is 4.39 Å². The Labute approximate surface area is 128 Å². The average molecular weight is 316 g/mol. The van der Waals surface area contributed by atoms with E-state index in [0.29, 0.717) is 11.6 Å². The van der Waals surface area contributed by atoms with Crippen LogP contribution in [0.4, 0.5) is 10.1 Å². The minimum atomic E-state index is -0.559. The molecule has 0 bridgehead atoms. The Kier molecular flexibility index (Phi) is 7.11. The van der Waals surface area contributed by atoms with E-state index in [0.717, 1.165) is 6.42 Å². The summed E-state index contributed by atoms with van der Waals surface area (Å²) in [6, 6.07) is 3.92. The summed E-state index contributed by atoms with van der Waals surface area (Å²) >= 11 is 5.74. The van der Waals surface area contributed by atoms with Crippen molar-refractivity contribution >= 4 is 29.1 Å². The number of carbonyl (C=O) groups excluding carboxylic acids is 2. The van der Waals surface area contributed by atoms with Gasteiger partial charge in [0.15, 0.2) is 0 Å². The van der Waals surface area contributed by atoms with Crippen LogP contribution in [0.2, 0.25) is 5.02 Å². The van der Waals surface area contributed by atoms with Gasteiger partial charge in [0.05, 0.1) is 18.8 Å². The van der Waals surface area contributed by atoms with Crippen LogP contribution in [0.5, 0.6) is 0 Å². The van der Waals surface area contributed by atoms with E-state index in [2.05, 4.69) is 10.6 Å². The first-order valence-electron chi connectivity index (χ1n) is 6.62. The van der Waals surface area contributed by atoms with Crippen molar-refractivity contribution in [2.75, 3.05) is 32.0 Å². The van der Waals surface area contributed by atoms with Crippen LogP contribution in [-0.2, 0) is 9.59 Å². The van der Waals surface area contributed by atoms with Crippen molar-refractivity contribution in [3.8, 4) is 0 Å². The molecule has 0 aliphatic heterocycles. The van der Waals surface area contributed by atoms with E-state index in [1.54, 1.807) is 11.9 Å². The highest BCUT2D eigenvalue weighted by molar-refractivity contribution is 6.30. The maximum Gasteiger partial charge on any atom is 0.238 e. The smallest absolute Gasteiger partial charge is 0.238 e. The lowest BCUT2D eigenvalue weighted by atomic mass is 10.3. The van der Waals surface area contributed by atoms with Gasteiger partial charge in [0.25, 0.3) is 0 Å². The molecule has 1 aromatic carbocycles. The van der Waals surface area contributed by atoms with E-state index in [-0.39, 0.29) is 24.7 Å². The molecule has 0 aliphatic carbocycles. The molecule has 0 atom stereocenters. The van der Waals surface area contributed by atoms with Crippen LogP contribution in [0, 0.1) is 5.82 Å². The van der Waals surface area contributed by atoms with Gasteiger partial charge in [0.2, 0.25) is 11.8 Å². The number of rotatable bonds is 7. The normalized spacial score (nSPS) is 10.5. The number of anilines is 1. The molecule has 2 amide bonds. The molecule has 116 valence electrons. The van der Waals surface area contributed by atoms with E-state index in [4.69, 9.17) is 11.6 Å². The summed E-state index contributed by atoms with van der Waals surface area (Å²) in [5.74, 6) is -1.13. The lowest BCUT2D eigenvalue weighted by Crippen LogP contribution is -2.39. The Morgan fingerprint density at radius 1 is 1.29 bits per heavy atom. The molecule has 5 nitrogen and oxygen atoms in total. The fraction of sp³-hybridized carbons (Fsp3) is 0.429. The number of likely N-dealkylation sites (N-methyl/N-ethyl adjacent to an activating group) is 1. The monoisotopic (exact) mass is 315 g/mol. The quantitative estimate of drug-likeness (QED) is 0.807. The molecule has 1 aromatic rings. The van der Waals surface area contributed by atoms with Crippen LogP contribution in [-0.4, -0.2) is 43.4 Å². The fourth-order valence-electron chi connectivity index (χ4n) is 1.65. The molecule has 0 radical (unpaired) electrons. The number of nitrogens with one attached hydrogen (secondary N) is 2. The van der Waals surface area contributed by atoms with E-state index in [9.17, 15) is 14.0 Å². The summed E-state index contributed by atoms with van der Waals surface area (Å²) in [5, 5.41) is 5.47. The molecule has 0 aromatic heterocycles. The van der Waals surface area contributed by atoms with Crippen LogP contribution in [0.1, 0.15) is 13.3 Å². The van der Waals surface area contributed by atoms with Gasteiger partial charge >= 0.3 is 0 Å². The largest absolute Gasteiger partial charge is 0.355 e. The van der Waals surface area contributed by atoms with Crippen molar-refractivity contribution < 1.29 is 14.0 Å². The maximum absolute atomic E-state index is 13.5. The molecule has 0 saturated carbocycles. The zero-order valence-corrected chi connectivity index (χ0v) is 12.8. The summed E-state index contributed by atoms with van der Waals surface area (Å²) in [6.45, 7) is 2.64. The van der Waals surface area contributed by atoms with E-state index >= 15 is 0 Å². The number of hydrogen-bond acceptors (Lipinski definition) is 3. The molecule has 0 fully saturated rings. The van der Waals surface area contributed by atoms with Crippen molar-refractivity contribution in [1.82, 2.24) is 10.2 Å². The summed E-state index contributed by atoms with van der Waals surface area (Å²) in [4.78, 5) is 24.8. The molecule has 0 unspecified atom stereocenters. The van der Waals surface area contributed by atoms with E-state index in [1.165, 1.54) is 18.2 Å². The predicted octanol–water partition coefficient (Wildman–Crippen LogP) is 1.88. The number of amides is 2. The third kappa shape index (κ3) is 6.55. The Hall–Kier alpha value is -1.66. The number of hydrogen-bond donors (Lipinski definition) is 2. The van der Waals surface area contributed by atoms with Crippen molar-refractivity contribution in [2.45, 2.75) is 13.3 Å². The molecular formula is C14H19ClFN3O2. The molecule has 0 spiro atoms. The highest BCUT2D eigenvalue weighted by Crippen LogP contribution is 2.19. The molecule has 0 aliphatic rings. The second-order valence-electron chi connectivity index (χ2n) is 4.69. The van der Waals surface area contributed by atoms with Crippen LogP contribution in [0.3, 0.4) is 0 Å². The summed E-state index contributed by atoms with van der Waals surface area (Å²) in [7, 11) is 1.64. The SMILES string of the molecule is CCCNC(=O)CN(C)CC(=O)Nc1cc(Cl)ccc1F. The van der Waals surface area contributed by atoms with Gasteiger partial charge in [-0.15, -0.1) is 0 Å². The Morgan fingerprint density at radius 2 is 1.95 bits per heavy atom. The predicted molar refractivity (Wildman–Crippen MR) is 80.8 cm³/mol. The molecule has 7 heteroatoms. The molecule has 0 saturated heterocycles. The minimum absolute atomic E-state index is 0.0223. The first kappa shape index (κ1) is 17.4. The summed E-state index contributed by atoms with van der Waals surface area (Å²) < 4.78 is 13.5. The van der Waals surface area contributed by atoms with Crippen LogP contribution >= 0.6 is 11.6 Å². The maximum atomic E-state index is 13.5. The molecule has 21 heavy (non-hydrogen) atoms. The number of halogens is 2. The minimum Gasteiger partial charge on any atom is -0.355 e. The van der Waals surface area contributed by atoms with Gasteiger partial charge in [-0.05, 0) is 31.7 Å². The number of nitrogens with zero attached hydrogens (tertiary/aromatic N) is 1. The summed E-state index contributed by atoms with van der Waals surface area (Å²) in [6.07, 6.45) is 0.851. The fourth-order valence-corrected chi connectivity index (χ4v) is 1.82. The Balaban J connectivity index is 2.46. The summed E-state index contributed by atoms with van der Waals surface area (Å²) in [5.41, 5.74) is 0.0244. The van der Waals surface area contributed by atoms with Gasteiger partial charge in [-0.1, -0.05) is 18.5 Å².